The van der Waals surface area contributed by atoms with Crippen LogP contribution in [0.5, 0.6) is 0 Å². The van der Waals surface area contributed by atoms with Crippen molar-refractivity contribution >= 4 is 21.9 Å². The van der Waals surface area contributed by atoms with E-state index in [9.17, 15) is 0 Å². The monoisotopic (exact) mass is 799 g/mol. The average Bonchev–Trinajstić information content (AvgIpc) is 3.51. The molecule has 8 rings (SSSR count). The van der Waals surface area contributed by atoms with Crippen molar-refractivity contribution in [3.05, 3.63) is 181 Å². The Kier molecular flexibility index (Phi) is 9.77. The number of furan rings is 1. The van der Waals surface area contributed by atoms with Crippen LogP contribution < -0.4 is 0 Å². The van der Waals surface area contributed by atoms with Gasteiger partial charge in [0.05, 0.1) is 5.58 Å². The number of hydrogen-bond donors (Lipinski definition) is 0. The fourth-order valence-electron chi connectivity index (χ4n) is 5.85. The summed E-state index contributed by atoms with van der Waals surface area (Å²) in [6.07, 6.45) is 3.77. The van der Waals surface area contributed by atoms with Crippen molar-refractivity contribution in [3.8, 4) is 33.6 Å². The molecule has 0 saturated heterocycles. The summed E-state index contributed by atoms with van der Waals surface area (Å²) in [5.74, 6) is 0. The van der Waals surface area contributed by atoms with Crippen LogP contribution in [0.1, 0.15) is 30.5 Å². The van der Waals surface area contributed by atoms with E-state index in [1.165, 1.54) is 27.8 Å². The minimum absolute atomic E-state index is 0. The van der Waals surface area contributed by atoms with Crippen LogP contribution in [0, 0.1) is 19.1 Å². The van der Waals surface area contributed by atoms with Crippen LogP contribution in [0.15, 0.2) is 156 Å². The normalized spacial score (nSPS) is 11.1. The van der Waals surface area contributed by atoms with Gasteiger partial charge in [0.25, 0.3) is 0 Å². The van der Waals surface area contributed by atoms with Crippen molar-refractivity contribution in [1.82, 2.24) is 9.97 Å². The Balaban J connectivity index is 0.000000241. The van der Waals surface area contributed by atoms with E-state index in [4.69, 9.17) is 9.40 Å². The molecule has 0 aliphatic rings. The Morgan fingerprint density at radius 2 is 1.33 bits per heavy atom. The second kappa shape index (κ2) is 14.3. The van der Waals surface area contributed by atoms with Crippen LogP contribution in [0.3, 0.4) is 0 Å². The summed E-state index contributed by atoms with van der Waals surface area (Å²) in [6, 6.07) is 54.3. The Bertz CT molecular complexity index is 2260. The van der Waals surface area contributed by atoms with Gasteiger partial charge in [-0.3, -0.25) is 0 Å². The van der Waals surface area contributed by atoms with Gasteiger partial charge in [-0.15, -0.1) is 59.7 Å². The second-order valence-corrected chi connectivity index (χ2v) is 12.2. The van der Waals surface area contributed by atoms with Crippen LogP contribution in [0.4, 0.5) is 0 Å². The van der Waals surface area contributed by atoms with Crippen LogP contribution >= 0.6 is 0 Å². The topological polar surface area (TPSA) is 38.9 Å². The van der Waals surface area contributed by atoms with Crippen molar-refractivity contribution in [3.63, 3.8) is 0 Å². The number of pyridine rings is 2. The first-order valence-corrected chi connectivity index (χ1v) is 15.8. The van der Waals surface area contributed by atoms with Crippen molar-refractivity contribution in [2.75, 3.05) is 0 Å². The summed E-state index contributed by atoms with van der Waals surface area (Å²) in [6.45, 7) is 6.54. The van der Waals surface area contributed by atoms with E-state index in [1.54, 1.807) is 0 Å². The third-order valence-electron chi connectivity index (χ3n) is 8.66. The van der Waals surface area contributed by atoms with Gasteiger partial charge in [0, 0.05) is 43.3 Å². The van der Waals surface area contributed by atoms with Gasteiger partial charge in [-0.05, 0) is 64.3 Å². The first-order chi connectivity index (χ1) is 23.0. The van der Waals surface area contributed by atoms with Gasteiger partial charge in [-0.2, -0.15) is 0 Å². The number of fused-ring (bicyclic) bond motifs is 3. The van der Waals surface area contributed by atoms with Crippen molar-refractivity contribution in [2.24, 2.45) is 0 Å². The molecule has 4 heteroatoms. The van der Waals surface area contributed by atoms with Crippen LogP contribution in [0.25, 0.3) is 55.6 Å². The number of benzene rings is 5. The summed E-state index contributed by atoms with van der Waals surface area (Å²) < 4.78 is 6.12. The molecule has 0 spiro atoms. The number of aromatic nitrogens is 2. The molecule has 0 saturated carbocycles. The minimum Gasteiger partial charge on any atom is -0.500 e. The number of hydrogen-bond acceptors (Lipinski definition) is 3. The van der Waals surface area contributed by atoms with Gasteiger partial charge >= 0.3 is 0 Å². The molecule has 0 N–H and O–H groups in total. The largest absolute Gasteiger partial charge is 0.500 e. The number of aryl methyl sites for hydroxylation is 1. The quantitative estimate of drug-likeness (QED) is 0.163. The molecule has 3 heterocycles. The second-order valence-electron chi connectivity index (χ2n) is 12.2. The van der Waals surface area contributed by atoms with E-state index in [-0.39, 0.29) is 25.5 Å². The molecule has 5 aromatic carbocycles. The van der Waals surface area contributed by atoms with Crippen LogP contribution in [0.2, 0.25) is 0 Å². The molecule has 3 nitrogen and oxygen atoms in total. The van der Waals surface area contributed by atoms with E-state index in [2.05, 4.69) is 128 Å². The minimum atomic E-state index is -0.129. The number of rotatable bonds is 5. The first kappa shape index (κ1) is 32.8. The molecular formula is C44H34IrN2O-2. The molecule has 3 aromatic heterocycles. The molecule has 0 bridgehead atoms. The van der Waals surface area contributed by atoms with Crippen molar-refractivity contribution < 1.29 is 24.5 Å². The molecule has 8 aromatic rings. The molecule has 0 amide bonds. The summed E-state index contributed by atoms with van der Waals surface area (Å²) in [5.41, 5.74) is 11.5. The van der Waals surface area contributed by atoms with Gasteiger partial charge in [0.15, 0.2) is 0 Å². The molecule has 0 aliphatic heterocycles. The standard InChI is InChI=1S/C32H24NO.C12H10N.Ir/c1-32(2,25-11-7-4-8-12-25)26-17-18-33-29(21-26)24-14-16-31-28(20-24)27-19-23(13-15-30(27)34-31)22-9-5-3-6-10-22;1-10-7-8-12(13-9-10)11-5-3-2-4-6-11;/h3-13,15-21H,1-2H3;2-5,7-9H,1H3;/q2*-1;. The van der Waals surface area contributed by atoms with Gasteiger partial charge in [0.2, 0.25) is 0 Å². The Labute approximate surface area is 295 Å². The fraction of sp³-hybridized carbons (Fsp3) is 0.0909. The summed E-state index contributed by atoms with van der Waals surface area (Å²) >= 11 is 0. The maximum absolute atomic E-state index is 6.12. The zero-order chi connectivity index (χ0) is 32.2. The predicted octanol–water partition coefficient (Wildman–Crippen LogP) is 11.3. The Morgan fingerprint density at radius 1 is 0.583 bits per heavy atom. The summed E-state index contributed by atoms with van der Waals surface area (Å²) in [7, 11) is 0. The summed E-state index contributed by atoms with van der Waals surface area (Å²) in [4.78, 5) is 9.01. The molecular weight excluding hydrogens is 765 g/mol. The first-order valence-electron chi connectivity index (χ1n) is 15.8. The third-order valence-corrected chi connectivity index (χ3v) is 8.66. The molecule has 237 valence electrons. The van der Waals surface area contributed by atoms with Crippen LogP contribution in [-0.4, -0.2) is 9.97 Å². The van der Waals surface area contributed by atoms with Crippen molar-refractivity contribution in [1.29, 1.82) is 0 Å². The molecule has 1 radical (unpaired) electrons. The Hall–Kier alpha value is -5.15. The van der Waals surface area contributed by atoms with E-state index >= 15 is 0 Å². The molecule has 0 aliphatic carbocycles. The van der Waals surface area contributed by atoms with E-state index in [1.807, 2.05) is 61.8 Å². The smallest absolute Gasteiger partial charge is 0.121 e. The maximum Gasteiger partial charge on any atom is 0.121 e. The van der Waals surface area contributed by atoms with Crippen LogP contribution in [-0.2, 0) is 25.5 Å². The van der Waals surface area contributed by atoms with Gasteiger partial charge < -0.3 is 14.4 Å². The average molecular weight is 799 g/mol. The molecule has 0 unspecified atom stereocenters. The van der Waals surface area contributed by atoms with Gasteiger partial charge in [-0.25, -0.2) is 0 Å². The van der Waals surface area contributed by atoms with E-state index in [0.717, 1.165) is 44.5 Å². The third kappa shape index (κ3) is 6.92. The van der Waals surface area contributed by atoms with E-state index < -0.39 is 0 Å². The molecule has 48 heavy (non-hydrogen) atoms. The van der Waals surface area contributed by atoms with Gasteiger partial charge in [0.1, 0.15) is 5.58 Å². The zero-order valence-electron chi connectivity index (χ0n) is 27.1. The maximum atomic E-state index is 6.12. The number of nitrogens with zero attached hydrogens (tertiary/aromatic N) is 2. The van der Waals surface area contributed by atoms with Gasteiger partial charge in [-0.1, -0.05) is 104 Å². The zero-order valence-corrected chi connectivity index (χ0v) is 29.5. The predicted molar refractivity (Wildman–Crippen MR) is 193 cm³/mol. The molecule has 0 atom stereocenters. The Morgan fingerprint density at radius 3 is 2.06 bits per heavy atom. The van der Waals surface area contributed by atoms with Crippen molar-refractivity contribution in [2.45, 2.75) is 26.2 Å². The SMILES string of the molecule is CC(C)(c1ccccc1)c1ccnc(-c2[c-]cc3oc4ccc(-c5ccccc5)cc4c3c2)c1.Cc1ccc(-c2[c-]cccc2)nc1.[Ir]. The fourth-order valence-corrected chi connectivity index (χ4v) is 5.85. The van der Waals surface area contributed by atoms with E-state index in [0.29, 0.717) is 0 Å². The molecule has 0 fully saturated rings. The summed E-state index contributed by atoms with van der Waals surface area (Å²) in [5, 5.41) is 2.18.